The highest BCUT2D eigenvalue weighted by Gasteiger charge is 2.48. The minimum Gasteiger partial charge on any atom is -0.395 e. The lowest BCUT2D eigenvalue weighted by Gasteiger charge is -2.36. The zero-order chi connectivity index (χ0) is 12.6. The first-order valence-corrected chi connectivity index (χ1v) is 7.05. The molecular weight excluding hydrogens is 242 g/mol. The highest BCUT2D eigenvalue weighted by Crippen LogP contribution is 2.31. The minimum atomic E-state index is -0.457. The fraction of sp³-hybridized carbons (Fsp3) is 0.818. The lowest BCUT2D eigenvalue weighted by atomic mass is 10.1. The lowest BCUT2D eigenvalue weighted by molar-refractivity contribution is -0.171. The second-order valence-electron chi connectivity index (χ2n) is 4.43. The van der Waals surface area contributed by atoms with Gasteiger partial charge in [-0.2, -0.15) is 11.8 Å². The SMILES string of the molecule is CSC(CO)C(C)N1C(=O)C2CCC(O2)C1=O. The molecule has 96 valence electrons. The number of amides is 2. The highest BCUT2D eigenvalue weighted by molar-refractivity contribution is 7.99. The molecule has 2 rings (SSSR count). The number of carbonyl (C=O) groups excluding carboxylic acids is 2. The lowest BCUT2D eigenvalue weighted by Crippen LogP contribution is -2.57. The summed E-state index contributed by atoms with van der Waals surface area (Å²) in [6.45, 7) is 1.76. The zero-order valence-corrected chi connectivity index (χ0v) is 10.8. The second-order valence-corrected chi connectivity index (χ2v) is 5.51. The van der Waals surface area contributed by atoms with E-state index >= 15 is 0 Å². The highest BCUT2D eigenvalue weighted by atomic mass is 32.2. The van der Waals surface area contributed by atoms with Crippen molar-refractivity contribution in [2.75, 3.05) is 12.9 Å². The van der Waals surface area contributed by atoms with Crippen LogP contribution in [0.15, 0.2) is 0 Å². The van der Waals surface area contributed by atoms with Crippen LogP contribution in [0.5, 0.6) is 0 Å². The van der Waals surface area contributed by atoms with Crippen molar-refractivity contribution in [1.82, 2.24) is 4.90 Å². The average Bonchev–Trinajstić information content (AvgIpc) is 2.75. The molecule has 0 radical (unpaired) electrons. The summed E-state index contributed by atoms with van der Waals surface area (Å²) in [5.74, 6) is -0.493. The van der Waals surface area contributed by atoms with Crippen LogP contribution in [0.2, 0.25) is 0 Å². The Labute approximate surface area is 104 Å². The molecule has 2 amide bonds. The van der Waals surface area contributed by atoms with E-state index in [1.165, 1.54) is 16.7 Å². The van der Waals surface area contributed by atoms with Crippen molar-refractivity contribution in [3.63, 3.8) is 0 Å². The van der Waals surface area contributed by atoms with E-state index < -0.39 is 12.2 Å². The average molecular weight is 259 g/mol. The van der Waals surface area contributed by atoms with Crippen molar-refractivity contribution < 1.29 is 19.4 Å². The molecule has 2 aliphatic heterocycles. The number of hydrogen-bond acceptors (Lipinski definition) is 5. The molecule has 2 aliphatic rings. The molecule has 2 heterocycles. The molecule has 0 aromatic carbocycles. The molecule has 6 heteroatoms. The van der Waals surface area contributed by atoms with Crippen molar-refractivity contribution in [1.29, 1.82) is 0 Å². The predicted molar refractivity (Wildman–Crippen MR) is 63.6 cm³/mol. The van der Waals surface area contributed by atoms with Gasteiger partial charge in [-0.15, -0.1) is 0 Å². The summed E-state index contributed by atoms with van der Waals surface area (Å²) in [5, 5.41) is 9.11. The Kier molecular flexibility index (Phi) is 3.75. The number of rotatable bonds is 4. The van der Waals surface area contributed by atoms with Gasteiger partial charge in [0.25, 0.3) is 11.8 Å². The van der Waals surface area contributed by atoms with Gasteiger partial charge in [-0.1, -0.05) is 0 Å². The van der Waals surface area contributed by atoms with Crippen molar-refractivity contribution in [3.05, 3.63) is 0 Å². The quantitative estimate of drug-likeness (QED) is 0.721. The van der Waals surface area contributed by atoms with Gasteiger partial charge in [-0.25, -0.2) is 0 Å². The number of aliphatic hydroxyl groups excluding tert-OH is 1. The molecule has 4 atom stereocenters. The first-order valence-electron chi connectivity index (χ1n) is 5.76. The molecule has 0 saturated carbocycles. The third-order valence-electron chi connectivity index (χ3n) is 3.47. The molecule has 2 bridgehead atoms. The van der Waals surface area contributed by atoms with Gasteiger partial charge in [-0.3, -0.25) is 14.5 Å². The van der Waals surface area contributed by atoms with Crippen LogP contribution in [0.25, 0.3) is 0 Å². The van der Waals surface area contributed by atoms with Crippen LogP contribution < -0.4 is 0 Å². The van der Waals surface area contributed by atoms with Crippen LogP contribution in [0.3, 0.4) is 0 Å². The third-order valence-corrected chi connectivity index (χ3v) is 4.62. The summed E-state index contributed by atoms with van der Waals surface area (Å²) >= 11 is 1.46. The summed E-state index contributed by atoms with van der Waals surface area (Å²) in [7, 11) is 0. The molecule has 5 nitrogen and oxygen atoms in total. The van der Waals surface area contributed by atoms with Crippen molar-refractivity contribution in [2.24, 2.45) is 0 Å². The van der Waals surface area contributed by atoms with E-state index in [0.717, 1.165) is 0 Å². The Morgan fingerprint density at radius 1 is 1.41 bits per heavy atom. The fourth-order valence-corrected chi connectivity index (χ4v) is 3.08. The number of likely N-dealkylation sites (tertiary alicyclic amines) is 1. The first-order chi connectivity index (χ1) is 8.10. The zero-order valence-electron chi connectivity index (χ0n) is 9.96. The molecule has 2 saturated heterocycles. The molecule has 17 heavy (non-hydrogen) atoms. The number of fused-ring (bicyclic) bond motifs is 2. The normalized spacial score (nSPS) is 31.8. The summed E-state index contributed by atoms with van der Waals surface area (Å²) in [6.07, 6.45) is 2.20. The molecule has 0 aliphatic carbocycles. The first kappa shape index (κ1) is 12.9. The number of imide groups is 1. The number of morpholine rings is 1. The van der Waals surface area contributed by atoms with Crippen molar-refractivity contribution in [3.8, 4) is 0 Å². The summed E-state index contributed by atoms with van der Waals surface area (Å²) in [4.78, 5) is 25.4. The number of aliphatic hydroxyl groups is 1. The number of thioether (sulfide) groups is 1. The summed E-state index contributed by atoms with van der Waals surface area (Å²) in [5.41, 5.74) is 0. The largest absolute Gasteiger partial charge is 0.395 e. The van der Waals surface area contributed by atoms with Gasteiger partial charge in [0.05, 0.1) is 12.6 Å². The van der Waals surface area contributed by atoms with Crippen LogP contribution in [-0.2, 0) is 14.3 Å². The standard InChI is InChI=1S/C11H17NO4S/c1-6(9(5-13)17-2)12-10(14)7-3-4-8(16-7)11(12)15/h6-9,13H,3-5H2,1-2H3. The van der Waals surface area contributed by atoms with Crippen LogP contribution in [0, 0.1) is 0 Å². The van der Waals surface area contributed by atoms with E-state index in [2.05, 4.69) is 0 Å². The molecule has 0 spiro atoms. The number of ether oxygens (including phenoxy) is 1. The van der Waals surface area contributed by atoms with Crippen molar-refractivity contribution >= 4 is 23.6 Å². The van der Waals surface area contributed by atoms with Crippen LogP contribution in [0.1, 0.15) is 19.8 Å². The second kappa shape index (κ2) is 4.96. The Morgan fingerprint density at radius 2 is 1.94 bits per heavy atom. The van der Waals surface area contributed by atoms with Gasteiger partial charge in [0.15, 0.2) is 0 Å². The van der Waals surface area contributed by atoms with E-state index in [9.17, 15) is 14.7 Å². The predicted octanol–water partition coefficient (Wildman–Crippen LogP) is 0.0152. The van der Waals surface area contributed by atoms with E-state index in [1.807, 2.05) is 6.26 Å². The number of nitrogens with zero attached hydrogens (tertiary/aromatic N) is 1. The molecule has 0 aromatic rings. The van der Waals surface area contributed by atoms with E-state index in [-0.39, 0.29) is 29.7 Å². The van der Waals surface area contributed by atoms with Crippen molar-refractivity contribution in [2.45, 2.75) is 43.3 Å². The summed E-state index contributed by atoms with van der Waals surface area (Å²) in [6, 6.07) is -0.290. The molecular formula is C11H17NO4S. The maximum atomic E-state index is 12.1. The van der Waals surface area contributed by atoms with Gasteiger partial charge in [0.2, 0.25) is 0 Å². The minimum absolute atomic E-state index is 0.0460. The van der Waals surface area contributed by atoms with E-state index in [0.29, 0.717) is 12.8 Å². The van der Waals surface area contributed by atoms with Crippen LogP contribution in [-0.4, -0.2) is 58.2 Å². The fourth-order valence-electron chi connectivity index (χ4n) is 2.41. The Morgan fingerprint density at radius 3 is 2.35 bits per heavy atom. The Hall–Kier alpha value is -0.590. The molecule has 2 fully saturated rings. The van der Waals surface area contributed by atoms with Crippen LogP contribution in [0.4, 0.5) is 0 Å². The Balaban J connectivity index is 2.19. The van der Waals surface area contributed by atoms with Gasteiger partial charge < -0.3 is 9.84 Å². The third kappa shape index (κ3) is 2.09. The van der Waals surface area contributed by atoms with Gasteiger partial charge >= 0.3 is 0 Å². The van der Waals surface area contributed by atoms with Crippen LogP contribution >= 0.6 is 11.8 Å². The summed E-state index contributed by atoms with van der Waals surface area (Å²) < 4.78 is 5.34. The molecule has 0 aromatic heterocycles. The topological polar surface area (TPSA) is 66.8 Å². The molecule has 1 N–H and O–H groups in total. The van der Waals surface area contributed by atoms with Gasteiger partial charge in [-0.05, 0) is 26.0 Å². The monoisotopic (exact) mass is 259 g/mol. The number of carbonyl (C=O) groups is 2. The maximum absolute atomic E-state index is 12.1. The van der Waals surface area contributed by atoms with Gasteiger partial charge in [0, 0.05) is 5.25 Å². The molecule has 4 unspecified atom stereocenters. The Bertz CT molecular complexity index is 309. The maximum Gasteiger partial charge on any atom is 0.258 e. The van der Waals surface area contributed by atoms with E-state index in [4.69, 9.17) is 4.74 Å². The smallest absolute Gasteiger partial charge is 0.258 e. The van der Waals surface area contributed by atoms with E-state index in [1.54, 1.807) is 6.92 Å². The number of hydrogen-bond donors (Lipinski definition) is 1. The van der Waals surface area contributed by atoms with Gasteiger partial charge in [0.1, 0.15) is 12.2 Å².